The average molecular weight is 549 g/mol. The first-order valence-corrected chi connectivity index (χ1v) is 11.7. The summed E-state index contributed by atoms with van der Waals surface area (Å²) in [4.78, 5) is 29.5. The number of carbonyl (C=O) groups excluding carboxylic acids is 1. The number of fused-ring (bicyclic) bond motifs is 1. The van der Waals surface area contributed by atoms with Gasteiger partial charge in [-0.25, -0.2) is 9.97 Å². The van der Waals surface area contributed by atoms with Gasteiger partial charge < -0.3 is 26.2 Å². The molecule has 208 valence electrons. The summed E-state index contributed by atoms with van der Waals surface area (Å²) < 4.78 is 46.8. The number of imidazole rings is 1. The maximum absolute atomic E-state index is 13.4. The highest BCUT2D eigenvalue weighted by molar-refractivity contribution is 5.96. The quantitative estimate of drug-likeness (QED) is 0.148. The number of carboxylic acid groups (broad SMARTS) is 1. The average Bonchev–Trinajstić information content (AvgIpc) is 3.56. The Kier molecular flexibility index (Phi) is 9.94. The molecule has 6 N–H and O–H groups in total. The highest BCUT2D eigenvalue weighted by Gasteiger charge is 2.36. The maximum atomic E-state index is 13.4. The van der Waals surface area contributed by atoms with Crippen molar-refractivity contribution < 1.29 is 32.6 Å². The molecule has 0 bridgehead atoms. The zero-order valence-electron chi connectivity index (χ0n) is 20.8. The van der Waals surface area contributed by atoms with Crippen molar-refractivity contribution in [1.82, 2.24) is 29.9 Å². The molecule has 3 heterocycles. The van der Waals surface area contributed by atoms with Gasteiger partial charge in [0.05, 0.1) is 36.9 Å². The summed E-state index contributed by atoms with van der Waals surface area (Å²) in [6.07, 6.45) is 1.45. The van der Waals surface area contributed by atoms with Gasteiger partial charge in [-0.3, -0.25) is 19.1 Å². The second-order valence-electron chi connectivity index (χ2n) is 7.88. The van der Waals surface area contributed by atoms with Gasteiger partial charge >= 0.3 is 6.18 Å². The molecular weight excluding hydrogens is 521 g/mol. The Morgan fingerprint density at radius 3 is 2.72 bits per heavy atom. The smallest absolute Gasteiger partial charge is 0.433 e. The van der Waals surface area contributed by atoms with E-state index in [9.17, 15) is 18.0 Å². The zero-order valence-corrected chi connectivity index (χ0v) is 20.8. The largest absolute Gasteiger partial charge is 0.483 e. The molecule has 39 heavy (non-hydrogen) atoms. The lowest BCUT2D eigenvalue weighted by atomic mass is 10.0. The number of benzene rings is 1. The van der Waals surface area contributed by atoms with E-state index in [1.165, 1.54) is 23.0 Å². The van der Waals surface area contributed by atoms with Crippen molar-refractivity contribution in [3.63, 3.8) is 0 Å². The van der Waals surface area contributed by atoms with Crippen molar-refractivity contribution in [3.8, 4) is 11.3 Å². The fraction of sp³-hybridized carbons (Fsp3) is 0.292. The van der Waals surface area contributed by atoms with Crippen LogP contribution in [0.25, 0.3) is 16.9 Å². The Labute approximate surface area is 220 Å². The number of rotatable bonds is 10. The Morgan fingerprint density at radius 2 is 2.03 bits per heavy atom. The minimum absolute atomic E-state index is 0.121. The number of anilines is 2. The van der Waals surface area contributed by atoms with Crippen LogP contribution in [0.5, 0.6) is 0 Å². The molecule has 0 unspecified atom stereocenters. The van der Waals surface area contributed by atoms with Gasteiger partial charge in [-0.1, -0.05) is 6.92 Å². The number of amides is 1. The molecule has 1 amide bonds. The standard InChI is InChI=1S/C23H25F3N8O2.CH2O2/c1-2-14-11-15(3-4-16(14)22(35)29-7-10-36-9-5-27)32-20-21-30-13-18(34(21)8-6-28-20)17-12-31-33-19(17)23(24,25)26;2-1-3/h3-4,6,8,11-13H,2,5,7,9-10,27H2,1H3,(H,28,32)(H,29,35)(H,31,33);1H,(H,2,3). The molecule has 3 aromatic heterocycles. The number of nitrogens with zero attached hydrogens (tertiary/aromatic N) is 4. The van der Waals surface area contributed by atoms with Crippen molar-refractivity contribution in [2.75, 3.05) is 31.6 Å². The van der Waals surface area contributed by atoms with Crippen LogP contribution in [0.3, 0.4) is 0 Å². The molecule has 12 nitrogen and oxygen atoms in total. The van der Waals surface area contributed by atoms with Crippen LogP contribution < -0.4 is 16.4 Å². The number of ether oxygens (including phenoxy) is 1. The van der Waals surface area contributed by atoms with Gasteiger partial charge in [-0.15, -0.1) is 0 Å². The molecule has 0 saturated carbocycles. The number of H-pyrrole nitrogens is 1. The number of hydrogen-bond donors (Lipinski definition) is 5. The normalized spacial score (nSPS) is 11.1. The third-order valence-electron chi connectivity index (χ3n) is 5.41. The summed E-state index contributed by atoms with van der Waals surface area (Å²) in [5.74, 6) is 0.130. The number of aryl methyl sites for hydroxylation is 1. The molecule has 15 heteroatoms. The van der Waals surface area contributed by atoms with Crippen molar-refractivity contribution in [1.29, 1.82) is 0 Å². The first-order valence-electron chi connectivity index (χ1n) is 11.7. The summed E-state index contributed by atoms with van der Waals surface area (Å²) in [6.45, 7) is 3.27. The van der Waals surface area contributed by atoms with E-state index in [2.05, 4.69) is 25.7 Å². The lowest BCUT2D eigenvalue weighted by molar-refractivity contribution is -0.140. The Morgan fingerprint density at radius 1 is 1.26 bits per heavy atom. The van der Waals surface area contributed by atoms with Gasteiger partial charge in [0.1, 0.15) is 5.69 Å². The molecule has 0 spiro atoms. The third kappa shape index (κ3) is 7.08. The number of nitrogens with two attached hydrogens (primary N) is 1. The van der Waals surface area contributed by atoms with E-state index in [0.717, 1.165) is 11.8 Å². The van der Waals surface area contributed by atoms with Crippen molar-refractivity contribution in [3.05, 3.63) is 59.8 Å². The Balaban J connectivity index is 0.00000134. The van der Waals surface area contributed by atoms with Crippen LogP contribution in [0, 0.1) is 0 Å². The van der Waals surface area contributed by atoms with Crippen LogP contribution in [0.4, 0.5) is 24.7 Å². The summed E-state index contributed by atoms with van der Waals surface area (Å²) in [5.41, 5.74) is 6.84. The first-order chi connectivity index (χ1) is 18.7. The molecule has 0 saturated heterocycles. The third-order valence-corrected chi connectivity index (χ3v) is 5.41. The second-order valence-corrected chi connectivity index (χ2v) is 7.88. The minimum Gasteiger partial charge on any atom is -0.483 e. The van der Waals surface area contributed by atoms with E-state index in [1.54, 1.807) is 12.1 Å². The number of aromatic amines is 1. The molecular formula is C24H27F3N8O4. The first kappa shape index (κ1) is 29.1. The lowest BCUT2D eigenvalue weighted by Gasteiger charge is -2.13. The molecule has 0 radical (unpaired) electrons. The molecule has 1 aromatic carbocycles. The van der Waals surface area contributed by atoms with Gasteiger partial charge in [-0.2, -0.15) is 18.3 Å². The number of alkyl halides is 3. The molecule has 0 aliphatic heterocycles. The van der Waals surface area contributed by atoms with Gasteiger partial charge in [0.15, 0.2) is 11.5 Å². The minimum atomic E-state index is -4.59. The van der Waals surface area contributed by atoms with Gasteiger partial charge in [-0.05, 0) is 30.2 Å². The second kappa shape index (κ2) is 13.3. The Hall–Kier alpha value is -4.50. The molecule has 0 aliphatic carbocycles. The number of aromatic nitrogens is 5. The van der Waals surface area contributed by atoms with Crippen LogP contribution in [-0.4, -0.2) is 68.4 Å². The van der Waals surface area contributed by atoms with Crippen LogP contribution in [0.15, 0.2) is 43.0 Å². The van der Waals surface area contributed by atoms with Crippen LogP contribution in [-0.2, 0) is 22.1 Å². The molecule has 0 atom stereocenters. The fourth-order valence-electron chi connectivity index (χ4n) is 3.74. The number of halogens is 3. The van der Waals surface area contributed by atoms with Crippen LogP contribution in [0.1, 0.15) is 28.5 Å². The van der Waals surface area contributed by atoms with Crippen LogP contribution >= 0.6 is 0 Å². The number of nitrogens with one attached hydrogen (secondary N) is 3. The van der Waals surface area contributed by atoms with Crippen molar-refractivity contribution in [2.24, 2.45) is 5.73 Å². The maximum Gasteiger partial charge on any atom is 0.433 e. The zero-order chi connectivity index (χ0) is 28.4. The van der Waals surface area contributed by atoms with Gasteiger partial charge in [0, 0.05) is 36.7 Å². The van der Waals surface area contributed by atoms with Gasteiger partial charge in [0.25, 0.3) is 12.4 Å². The van der Waals surface area contributed by atoms with Crippen molar-refractivity contribution >= 4 is 29.5 Å². The SMILES string of the molecule is CCc1cc(Nc2nccn3c(-c4cn[nH]c4C(F)(F)F)cnc23)ccc1C(=O)NCCOCCN.O=CO. The van der Waals surface area contributed by atoms with E-state index in [-0.39, 0.29) is 23.6 Å². The van der Waals surface area contributed by atoms with E-state index >= 15 is 0 Å². The van der Waals surface area contributed by atoms with E-state index in [1.807, 2.05) is 18.1 Å². The predicted octanol–water partition coefficient (Wildman–Crippen LogP) is 2.85. The van der Waals surface area contributed by atoms with Crippen LogP contribution in [0.2, 0.25) is 0 Å². The molecule has 0 aliphatic rings. The molecule has 4 aromatic rings. The van der Waals surface area contributed by atoms with Gasteiger partial charge in [0.2, 0.25) is 0 Å². The summed E-state index contributed by atoms with van der Waals surface area (Å²) in [7, 11) is 0. The van der Waals surface area contributed by atoms with E-state index < -0.39 is 11.9 Å². The number of hydrogen-bond acceptors (Lipinski definition) is 8. The molecule has 0 fully saturated rings. The summed E-state index contributed by atoms with van der Waals surface area (Å²) in [6, 6.07) is 5.26. The summed E-state index contributed by atoms with van der Waals surface area (Å²) in [5, 5.41) is 18.4. The molecule has 4 rings (SSSR count). The lowest BCUT2D eigenvalue weighted by Crippen LogP contribution is -2.28. The topological polar surface area (TPSA) is 173 Å². The highest BCUT2D eigenvalue weighted by atomic mass is 19.4. The highest BCUT2D eigenvalue weighted by Crippen LogP contribution is 2.36. The number of carbonyl (C=O) groups is 2. The predicted molar refractivity (Wildman–Crippen MR) is 136 cm³/mol. The van der Waals surface area contributed by atoms with E-state index in [4.69, 9.17) is 20.4 Å². The monoisotopic (exact) mass is 548 g/mol. The summed E-state index contributed by atoms with van der Waals surface area (Å²) >= 11 is 0. The van der Waals surface area contributed by atoms with E-state index in [0.29, 0.717) is 55.4 Å². The van der Waals surface area contributed by atoms with Crippen molar-refractivity contribution in [2.45, 2.75) is 19.5 Å². The fourth-order valence-corrected chi connectivity index (χ4v) is 3.74. The Bertz CT molecular complexity index is 1400.